The topological polar surface area (TPSA) is 272 Å². The number of nitrogens with zero attached hydrogens (tertiary/aromatic N) is 6. The number of hydrogen-bond acceptors (Lipinski definition) is 13. The van der Waals surface area contributed by atoms with E-state index in [1.807, 2.05) is 0 Å². The molecule has 6 N–H and O–H groups in total. The van der Waals surface area contributed by atoms with Crippen LogP contribution in [0, 0.1) is 33.3 Å². The molecule has 6 fully saturated rings. The molecule has 7 aliphatic rings. The number of nitrogens with one attached hydrogen (secondary N) is 4. The van der Waals surface area contributed by atoms with Gasteiger partial charge in [-0.2, -0.15) is 10.2 Å². The average molecular weight is 1040 g/mol. The monoisotopic (exact) mass is 1040 g/mol. The van der Waals surface area contributed by atoms with E-state index in [0.29, 0.717) is 62.1 Å². The van der Waals surface area contributed by atoms with E-state index in [1.54, 1.807) is 50.2 Å². The van der Waals surface area contributed by atoms with Crippen LogP contribution < -0.4 is 36.5 Å². The van der Waals surface area contributed by atoms with E-state index in [-0.39, 0.29) is 87.6 Å². The highest BCUT2D eigenvalue weighted by Gasteiger charge is 2.56. The van der Waals surface area contributed by atoms with Crippen LogP contribution in [0.4, 0.5) is 8.78 Å². The van der Waals surface area contributed by atoms with Crippen LogP contribution in [0.1, 0.15) is 144 Å². The SMILES string of the molecule is CC(=O)C12CCC(C(NC(=O)c3cc(C(=O)NCc4ccc(F)cc4)nc4ccnn34)C(N)=O)(CC1)CC2.CC(=O)C12CCC(CNC(=O)c3cc(C(=O)NCc4ccc5c(c4)OCO5)nc4c(F)cnn34)(CC1)CC2. The number of Topliss-reactive ketones (excluding diaryl/α,β-unsaturated/α-hetero) is 2. The van der Waals surface area contributed by atoms with Crippen LogP contribution in [0.15, 0.2) is 73.1 Å². The van der Waals surface area contributed by atoms with Crippen molar-refractivity contribution in [2.75, 3.05) is 13.3 Å². The highest BCUT2D eigenvalue weighted by atomic mass is 19.1. The third-order valence-corrected chi connectivity index (χ3v) is 17.0. The Hall–Kier alpha value is -8.17. The summed E-state index contributed by atoms with van der Waals surface area (Å²) >= 11 is 0. The van der Waals surface area contributed by atoms with Crippen molar-refractivity contribution < 1.29 is 51.8 Å². The highest BCUT2D eigenvalue weighted by Crippen LogP contribution is 2.59. The third kappa shape index (κ3) is 9.82. The first-order valence-electron chi connectivity index (χ1n) is 25.4. The summed E-state index contributed by atoms with van der Waals surface area (Å²) in [6.07, 6.45) is 11.4. The van der Waals surface area contributed by atoms with Crippen molar-refractivity contribution in [1.82, 2.24) is 50.5 Å². The van der Waals surface area contributed by atoms with Gasteiger partial charge in [0.2, 0.25) is 12.7 Å². The van der Waals surface area contributed by atoms with Crippen LogP contribution in [0.25, 0.3) is 11.3 Å². The van der Waals surface area contributed by atoms with E-state index in [4.69, 9.17) is 15.2 Å². The molecule has 0 saturated heterocycles. The van der Waals surface area contributed by atoms with E-state index >= 15 is 0 Å². The summed E-state index contributed by atoms with van der Waals surface area (Å²) in [5.41, 5.74) is 6.18. The summed E-state index contributed by atoms with van der Waals surface area (Å²) in [6, 6.07) is 14.3. The maximum absolute atomic E-state index is 14.4. The largest absolute Gasteiger partial charge is 0.454 e. The van der Waals surface area contributed by atoms with Crippen LogP contribution in [-0.2, 0) is 27.5 Å². The van der Waals surface area contributed by atoms with Gasteiger partial charge in [-0.05, 0) is 137 Å². The molecule has 5 amide bonds. The molecular formula is C54H57F2N11O9. The first kappa shape index (κ1) is 51.3. The van der Waals surface area contributed by atoms with Gasteiger partial charge in [0.05, 0.1) is 12.4 Å². The fourth-order valence-electron chi connectivity index (χ4n) is 11.9. The van der Waals surface area contributed by atoms with Gasteiger partial charge in [-0.1, -0.05) is 18.2 Å². The van der Waals surface area contributed by atoms with Gasteiger partial charge in [0.15, 0.2) is 28.6 Å². The number of amides is 5. The molecule has 396 valence electrons. The van der Waals surface area contributed by atoms with Gasteiger partial charge in [0, 0.05) is 48.7 Å². The summed E-state index contributed by atoms with van der Waals surface area (Å²) in [6.45, 7) is 4.21. The van der Waals surface area contributed by atoms with Gasteiger partial charge >= 0.3 is 0 Å². The minimum Gasteiger partial charge on any atom is -0.454 e. The Bertz CT molecular complexity index is 3290. The van der Waals surface area contributed by atoms with Crippen LogP contribution in [0.2, 0.25) is 0 Å². The summed E-state index contributed by atoms with van der Waals surface area (Å²) < 4.78 is 40.7. The minimum atomic E-state index is -0.935. The molecule has 6 saturated carbocycles. The number of carbonyl (C=O) groups is 7. The smallest absolute Gasteiger partial charge is 0.270 e. The van der Waals surface area contributed by atoms with Crippen molar-refractivity contribution in [3.05, 3.63) is 119 Å². The van der Waals surface area contributed by atoms with Crippen LogP contribution in [0.3, 0.4) is 0 Å². The molecule has 2 aromatic carbocycles. The second-order valence-electron chi connectivity index (χ2n) is 21.1. The standard InChI is InChI=1S/C27H29FN6O4.C27H28FN5O5/c1-16(35)26-7-10-27(11-8-26,12-9-26)22(23(29)36)33-25(38)20-14-19(32-21-6-13-31-34(20)21)24(37)30-15-17-2-4-18(28)5-3-17;1-16(34)27-7-4-26(5-8-27,6-9-27)14-30-25(36)20-11-19(32-23-18(28)13-31-33(20)23)24(35)29-12-17-2-3-21-22(10-17)38-15-37-21/h2-6,13-14,22H,7-12,15H2,1H3,(H2,29,36)(H,30,37)(H,33,38);2-3,10-11,13H,4-9,12,14-15H2,1H3,(H,29,35)(H,30,36). The molecule has 4 bridgehead atoms. The number of fused-ring (bicyclic) bond motifs is 9. The third-order valence-electron chi connectivity index (χ3n) is 17.0. The Balaban J connectivity index is 0.000000173. The lowest BCUT2D eigenvalue weighted by atomic mass is 9.50. The fourth-order valence-corrected chi connectivity index (χ4v) is 11.9. The number of halogens is 2. The van der Waals surface area contributed by atoms with Crippen molar-refractivity contribution >= 4 is 52.4 Å². The molecule has 20 nitrogen and oxygen atoms in total. The summed E-state index contributed by atoms with van der Waals surface area (Å²) in [4.78, 5) is 98.1. The van der Waals surface area contributed by atoms with Gasteiger partial charge in [0.25, 0.3) is 23.6 Å². The lowest BCUT2D eigenvalue weighted by Gasteiger charge is -2.54. The van der Waals surface area contributed by atoms with E-state index < -0.39 is 46.8 Å². The van der Waals surface area contributed by atoms with Crippen molar-refractivity contribution in [3.63, 3.8) is 0 Å². The molecule has 13 rings (SSSR count). The van der Waals surface area contributed by atoms with Gasteiger partial charge in [0.1, 0.15) is 46.2 Å². The number of aromatic nitrogens is 6. The highest BCUT2D eigenvalue weighted by molar-refractivity contribution is 6.00. The van der Waals surface area contributed by atoms with E-state index in [1.165, 1.54) is 35.0 Å². The lowest BCUT2D eigenvalue weighted by molar-refractivity contribution is -0.140. The summed E-state index contributed by atoms with van der Waals surface area (Å²) in [5.74, 6) is -2.24. The quantitative estimate of drug-likeness (QED) is 0.0852. The Labute approximate surface area is 434 Å². The maximum Gasteiger partial charge on any atom is 0.270 e. The first-order valence-corrected chi connectivity index (χ1v) is 25.4. The van der Waals surface area contributed by atoms with Gasteiger partial charge < -0.3 is 36.5 Å². The van der Waals surface area contributed by atoms with E-state index in [0.717, 1.165) is 54.8 Å². The lowest BCUT2D eigenvalue weighted by Crippen LogP contribution is -2.60. The second-order valence-corrected chi connectivity index (χ2v) is 21.1. The Kier molecular flexibility index (Phi) is 13.6. The number of rotatable bonds is 15. The number of hydrogen-bond donors (Lipinski definition) is 5. The van der Waals surface area contributed by atoms with Gasteiger partial charge in [-0.25, -0.2) is 27.8 Å². The molecule has 4 aromatic heterocycles. The average Bonchev–Trinajstić information content (AvgIpc) is 4.26. The Morgan fingerprint density at radius 2 is 1.20 bits per heavy atom. The fraction of sp³-hybridized carbons (Fsp3) is 0.426. The molecule has 6 aromatic rings. The Morgan fingerprint density at radius 1 is 0.632 bits per heavy atom. The number of nitrogens with two attached hydrogens (primary N) is 1. The zero-order chi connectivity index (χ0) is 53.6. The molecule has 1 atom stereocenters. The summed E-state index contributed by atoms with van der Waals surface area (Å²) in [7, 11) is 0. The molecule has 1 unspecified atom stereocenters. The normalized spacial score (nSPS) is 23.3. The second kappa shape index (κ2) is 20.2. The van der Waals surface area contributed by atoms with Crippen molar-refractivity contribution in [3.8, 4) is 11.5 Å². The molecule has 22 heteroatoms. The van der Waals surface area contributed by atoms with Crippen molar-refractivity contribution in [2.45, 2.75) is 110 Å². The number of primary amides is 1. The minimum absolute atomic E-state index is 0.0133. The zero-order valence-corrected chi connectivity index (χ0v) is 42.0. The van der Waals surface area contributed by atoms with Gasteiger partial charge in [-0.15, -0.1) is 0 Å². The molecule has 5 heterocycles. The Morgan fingerprint density at radius 3 is 1.82 bits per heavy atom. The number of benzene rings is 2. The molecule has 0 spiro atoms. The predicted molar refractivity (Wildman–Crippen MR) is 267 cm³/mol. The van der Waals surface area contributed by atoms with Crippen LogP contribution in [0.5, 0.6) is 11.5 Å². The van der Waals surface area contributed by atoms with Crippen molar-refractivity contribution in [2.24, 2.45) is 27.4 Å². The predicted octanol–water partition coefficient (Wildman–Crippen LogP) is 5.50. The van der Waals surface area contributed by atoms with E-state index in [2.05, 4.69) is 41.4 Å². The van der Waals surface area contributed by atoms with E-state index in [9.17, 15) is 42.3 Å². The number of ether oxygens (including phenoxy) is 2. The number of carbonyl (C=O) groups excluding carboxylic acids is 7. The van der Waals surface area contributed by atoms with Crippen LogP contribution in [-0.4, -0.2) is 89.7 Å². The molecular weight excluding hydrogens is 985 g/mol. The first-order chi connectivity index (χ1) is 36.4. The maximum atomic E-state index is 14.4. The number of ketones is 2. The van der Waals surface area contributed by atoms with Crippen molar-refractivity contribution in [1.29, 1.82) is 0 Å². The molecule has 1 aliphatic heterocycles. The summed E-state index contributed by atoms with van der Waals surface area (Å²) in [5, 5.41) is 19.4. The molecule has 0 radical (unpaired) electrons. The van der Waals surface area contributed by atoms with Gasteiger partial charge in [-0.3, -0.25) is 33.6 Å². The molecule has 6 aliphatic carbocycles. The zero-order valence-electron chi connectivity index (χ0n) is 42.0. The van der Waals surface area contributed by atoms with Crippen LogP contribution >= 0.6 is 0 Å². The molecule has 76 heavy (non-hydrogen) atoms.